The molecule has 32 heavy (non-hydrogen) atoms. The number of nitrogens with two attached hydrogens (primary N) is 1. The maximum Gasteiger partial charge on any atom is 0.277 e. The van der Waals surface area contributed by atoms with Crippen LogP contribution in [0.15, 0.2) is 76.5 Å². The molecule has 9 heteroatoms. The molecule has 2 atom stereocenters. The Bertz CT molecular complexity index is 1250. The number of amides is 2. The Hall–Kier alpha value is -4.40. The summed E-state index contributed by atoms with van der Waals surface area (Å²) in [5, 5.41) is 6.97. The van der Waals surface area contributed by atoms with Gasteiger partial charge in [0.05, 0.1) is 6.26 Å². The second kappa shape index (κ2) is 7.38. The van der Waals surface area contributed by atoms with Gasteiger partial charge in [-0.2, -0.15) is 0 Å². The molecular formula is C23H17N3O6. The van der Waals surface area contributed by atoms with Crippen molar-refractivity contribution in [2.75, 3.05) is 11.9 Å². The highest BCUT2D eigenvalue weighted by Gasteiger charge is 2.63. The van der Waals surface area contributed by atoms with Crippen LogP contribution >= 0.6 is 0 Å². The van der Waals surface area contributed by atoms with E-state index in [1.54, 1.807) is 54.6 Å². The number of anilines is 1. The first kappa shape index (κ1) is 19.6. The Morgan fingerprint density at radius 1 is 1.09 bits per heavy atom. The highest BCUT2D eigenvalue weighted by atomic mass is 16.7. The van der Waals surface area contributed by atoms with Crippen molar-refractivity contribution in [3.8, 4) is 5.75 Å². The Kier molecular flexibility index (Phi) is 4.51. The zero-order chi connectivity index (χ0) is 22.3. The van der Waals surface area contributed by atoms with Crippen LogP contribution in [0.4, 0.5) is 5.69 Å². The van der Waals surface area contributed by atoms with Crippen molar-refractivity contribution in [1.29, 1.82) is 0 Å². The SMILES string of the molecule is NC(=O)COc1ccc(C2=NO[C@@]3(C(=O)Nc4ccccc43)[C@H]2C(=O)c2ccco2)cc1. The summed E-state index contributed by atoms with van der Waals surface area (Å²) in [6.45, 7) is -0.261. The maximum atomic E-state index is 13.5. The lowest BCUT2D eigenvalue weighted by atomic mass is 9.75. The minimum absolute atomic E-state index is 0.0890. The van der Waals surface area contributed by atoms with Crippen LogP contribution in [-0.4, -0.2) is 29.9 Å². The van der Waals surface area contributed by atoms with Crippen LogP contribution < -0.4 is 15.8 Å². The maximum absolute atomic E-state index is 13.5. The van der Waals surface area contributed by atoms with Gasteiger partial charge >= 0.3 is 0 Å². The van der Waals surface area contributed by atoms with Crippen LogP contribution in [0.2, 0.25) is 0 Å². The number of para-hydroxylation sites is 1. The van der Waals surface area contributed by atoms with Crippen LogP contribution in [0.3, 0.4) is 0 Å². The Morgan fingerprint density at radius 2 is 1.88 bits per heavy atom. The average molecular weight is 431 g/mol. The van der Waals surface area contributed by atoms with Crippen LogP contribution in [0.5, 0.6) is 5.75 Å². The molecule has 0 unspecified atom stereocenters. The van der Waals surface area contributed by atoms with Crippen LogP contribution in [0, 0.1) is 5.92 Å². The molecule has 3 heterocycles. The molecule has 5 rings (SSSR count). The lowest BCUT2D eigenvalue weighted by molar-refractivity contribution is -0.140. The summed E-state index contributed by atoms with van der Waals surface area (Å²) >= 11 is 0. The summed E-state index contributed by atoms with van der Waals surface area (Å²) in [6.07, 6.45) is 1.39. The molecule has 0 saturated carbocycles. The fraction of sp³-hybridized carbons (Fsp3) is 0.130. The van der Waals surface area contributed by atoms with Gasteiger partial charge in [0.2, 0.25) is 5.78 Å². The Labute approximate surface area is 181 Å². The second-order valence-corrected chi connectivity index (χ2v) is 7.36. The number of ether oxygens (including phenoxy) is 1. The highest BCUT2D eigenvalue weighted by Crippen LogP contribution is 2.49. The fourth-order valence-electron chi connectivity index (χ4n) is 4.02. The fourth-order valence-corrected chi connectivity index (χ4v) is 4.02. The van der Waals surface area contributed by atoms with Crippen molar-refractivity contribution in [1.82, 2.24) is 0 Å². The number of nitrogens with one attached hydrogen (secondary N) is 1. The van der Waals surface area contributed by atoms with Gasteiger partial charge in [-0.05, 0) is 42.5 Å². The standard InChI is InChI=1S/C23H17N3O6/c24-18(27)12-31-14-9-7-13(8-10-14)20-19(21(28)17-6-3-11-30-17)23(32-26-20)15-4-1-2-5-16(15)25-22(23)29/h1-11,19H,12H2,(H2,24,27)(H,25,29)/t19-,23-/m1/s1. The van der Waals surface area contributed by atoms with Crippen LogP contribution in [0.25, 0.3) is 0 Å². The molecule has 2 amide bonds. The van der Waals surface area contributed by atoms with E-state index in [1.165, 1.54) is 12.3 Å². The summed E-state index contributed by atoms with van der Waals surface area (Å²) in [4.78, 5) is 43.4. The summed E-state index contributed by atoms with van der Waals surface area (Å²) in [7, 11) is 0. The van der Waals surface area contributed by atoms with E-state index in [1.807, 2.05) is 0 Å². The number of oxime groups is 1. The predicted octanol–water partition coefficient (Wildman–Crippen LogP) is 2.22. The third kappa shape index (κ3) is 2.94. The van der Waals surface area contributed by atoms with Gasteiger partial charge in [-0.25, -0.2) is 0 Å². The zero-order valence-corrected chi connectivity index (χ0v) is 16.6. The molecule has 2 aliphatic heterocycles. The van der Waals surface area contributed by atoms with E-state index in [0.29, 0.717) is 22.6 Å². The second-order valence-electron chi connectivity index (χ2n) is 7.36. The number of primary amides is 1. The molecule has 0 aliphatic carbocycles. The van der Waals surface area contributed by atoms with E-state index in [0.717, 1.165) is 0 Å². The van der Waals surface area contributed by atoms with Gasteiger partial charge in [-0.3, -0.25) is 14.4 Å². The number of Topliss-reactive ketones (excluding diaryl/α,β-unsaturated/α-hetero) is 1. The van der Waals surface area contributed by atoms with Gasteiger partial charge in [0.25, 0.3) is 17.4 Å². The molecule has 0 saturated heterocycles. The normalized spacial score (nSPS) is 20.9. The minimum atomic E-state index is -1.66. The van der Waals surface area contributed by atoms with Crippen molar-refractivity contribution in [3.05, 3.63) is 83.8 Å². The molecule has 0 fully saturated rings. The number of carbonyl (C=O) groups is 3. The summed E-state index contributed by atoms with van der Waals surface area (Å²) in [5.41, 5.74) is 5.36. The molecule has 3 N–H and O–H groups in total. The Balaban J connectivity index is 1.57. The van der Waals surface area contributed by atoms with Gasteiger partial charge in [-0.1, -0.05) is 23.4 Å². The first-order chi connectivity index (χ1) is 15.5. The van der Waals surface area contributed by atoms with E-state index < -0.39 is 29.1 Å². The van der Waals surface area contributed by atoms with Crippen molar-refractivity contribution in [3.63, 3.8) is 0 Å². The number of furan rings is 1. The van der Waals surface area contributed by atoms with Crippen molar-refractivity contribution >= 4 is 29.0 Å². The molecule has 160 valence electrons. The van der Waals surface area contributed by atoms with Gasteiger partial charge < -0.3 is 25.0 Å². The number of hydrogen-bond acceptors (Lipinski definition) is 7. The molecule has 0 bridgehead atoms. The molecule has 2 aliphatic rings. The topological polar surface area (TPSA) is 133 Å². The van der Waals surface area contributed by atoms with Gasteiger partial charge in [0.1, 0.15) is 17.4 Å². The van der Waals surface area contributed by atoms with Gasteiger partial charge in [0.15, 0.2) is 12.4 Å². The lowest BCUT2D eigenvalue weighted by Gasteiger charge is -2.26. The minimum Gasteiger partial charge on any atom is -0.484 e. The zero-order valence-electron chi connectivity index (χ0n) is 16.6. The van der Waals surface area contributed by atoms with E-state index in [9.17, 15) is 14.4 Å². The highest BCUT2D eigenvalue weighted by molar-refractivity contribution is 6.24. The average Bonchev–Trinajstić information content (AvgIpc) is 3.52. The number of hydrogen-bond donors (Lipinski definition) is 2. The van der Waals surface area contributed by atoms with Crippen molar-refractivity contribution in [2.24, 2.45) is 16.8 Å². The number of carbonyl (C=O) groups excluding carboxylic acids is 3. The number of ketones is 1. The third-order valence-corrected chi connectivity index (χ3v) is 5.44. The van der Waals surface area contributed by atoms with Crippen LogP contribution in [0.1, 0.15) is 21.7 Å². The first-order valence-electron chi connectivity index (χ1n) is 9.77. The third-order valence-electron chi connectivity index (χ3n) is 5.44. The van der Waals surface area contributed by atoms with Crippen molar-refractivity contribution < 1.29 is 28.4 Å². The van der Waals surface area contributed by atoms with Crippen LogP contribution in [-0.2, 0) is 20.0 Å². The summed E-state index contributed by atoms with van der Waals surface area (Å²) in [5.74, 6) is -2.10. The predicted molar refractivity (Wildman–Crippen MR) is 112 cm³/mol. The molecule has 9 nitrogen and oxygen atoms in total. The molecule has 3 aromatic rings. The van der Waals surface area contributed by atoms with E-state index >= 15 is 0 Å². The van der Waals surface area contributed by atoms with Gasteiger partial charge in [0, 0.05) is 16.8 Å². The molecule has 2 aromatic carbocycles. The summed E-state index contributed by atoms with van der Waals surface area (Å²) in [6, 6.07) is 16.7. The molecule has 0 radical (unpaired) electrons. The monoisotopic (exact) mass is 431 g/mol. The van der Waals surface area contributed by atoms with Crippen molar-refractivity contribution in [2.45, 2.75) is 5.60 Å². The molecule has 1 spiro atoms. The van der Waals surface area contributed by atoms with Gasteiger partial charge in [-0.15, -0.1) is 0 Å². The molecular weight excluding hydrogens is 414 g/mol. The largest absolute Gasteiger partial charge is 0.484 e. The smallest absolute Gasteiger partial charge is 0.277 e. The number of rotatable bonds is 6. The molecule has 1 aromatic heterocycles. The number of nitrogens with zero attached hydrogens (tertiary/aromatic N) is 1. The Morgan fingerprint density at radius 3 is 2.59 bits per heavy atom. The quantitative estimate of drug-likeness (QED) is 0.575. The number of fused-ring (bicyclic) bond motifs is 2. The lowest BCUT2D eigenvalue weighted by Crippen LogP contribution is -2.46. The summed E-state index contributed by atoms with van der Waals surface area (Å²) < 4.78 is 10.6. The van der Waals surface area contributed by atoms with E-state index in [4.69, 9.17) is 19.7 Å². The number of benzene rings is 2. The first-order valence-corrected chi connectivity index (χ1v) is 9.77. The van der Waals surface area contributed by atoms with E-state index in [-0.39, 0.29) is 18.1 Å². The van der Waals surface area contributed by atoms with E-state index in [2.05, 4.69) is 10.5 Å².